The Labute approximate surface area is 165 Å². The molecular formula is C20H41N5O2. The zero-order chi connectivity index (χ0) is 19.7. The lowest BCUT2D eigenvalue weighted by molar-refractivity contribution is -0.00686. The van der Waals surface area contributed by atoms with E-state index in [2.05, 4.69) is 55.1 Å². The molecule has 7 nitrogen and oxygen atoms in total. The Balaban J connectivity index is 1.92. The van der Waals surface area contributed by atoms with Gasteiger partial charge in [0.05, 0.1) is 33.0 Å². The first-order chi connectivity index (χ1) is 12.9. The summed E-state index contributed by atoms with van der Waals surface area (Å²) < 4.78 is 11.0. The molecule has 2 N–H and O–H groups in total. The van der Waals surface area contributed by atoms with Crippen molar-refractivity contribution in [2.45, 2.75) is 46.2 Å². The first-order valence-electron chi connectivity index (χ1n) is 10.6. The number of nitrogens with zero attached hydrogens (tertiary/aromatic N) is 3. The zero-order valence-electron chi connectivity index (χ0n) is 18.1. The van der Waals surface area contributed by atoms with Crippen LogP contribution < -0.4 is 10.6 Å². The van der Waals surface area contributed by atoms with Gasteiger partial charge in [0.1, 0.15) is 0 Å². The van der Waals surface area contributed by atoms with Crippen LogP contribution in [-0.2, 0) is 9.47 Å². The Morgan fingerprint density at radius 3 is 2.15 bits per heavy atom. The molecule has 2 heterocycles. The van der Waals surface area contributed by atoms with E-state index >= 15 is 0 Å². The second-order valence-corrected chi connectivity index (χ2v) is 8.45. The molecule has 0 saturated carbocycles. The first-order valence-corrected chi connectivity index (χ1v) is 10.6. The van der Waals surface area contributed by atoms with Crippen LogP contribution in [0.4, 0.5) is 0 Å². The van der Waals surface area contributed by atoms with Crippen molar-refractivity contribution in [2.24, 2.45) is 10.9 Å². The van der Waals surface area contributed by atoms with E-state index in [-0.39, 0.29) is 5.54 Å². The van der Waals surface area contributed by atoms with Gasteiger partial charge in [-0.05, 0) is 26.7 Å². The summed E-state index contributed by atoms with van der Waals surface area (Å²) in [5, 5.41) is 7.00. The Bertz CT molecular complexity index is 444. The predicted octanol–water partition coefficient (Wildman–Crippen LogP) is 1.01. The molecule has 0 radical (unpaired) electrons. The summed E-state index contributed by atoms with van der Waals surface area (Å²) in [7, 11) is 0. The van der Waals surface area contributed by atoms with Gasteiger partial charge in [0, 0.05) is 50.8 Å². The number of hydrogen-bond acceptors (Lipinski definition) is 5. The monoisotopic (exact) mass is 383 g/mol. The molecule has 2 aliphatic rings. The van der Waals surface area contributed by atoms with E-state index in [1.165, 1.54) is 0 Å². The molecule has 158 valence electrons. The van der Waals surface area contributed by atoms with Crippen LogP contribution in [0.5, 0.6) is 0 Å². The van der Waals surface area contributed by atoms with E-state index in [1.54, 1.807) is 0 Å². The molecule has 0 aromatic heterocycles. The van der Waals surface area contributed by atoms with Gasteiger partial charge in [-0.2, -0.15) is 0 Å². The maximum Gasteiger partial charge on any atom is 0.191 e. The van der Waals surface area contributed by atoms with E-state index < -0.39 is 0 Å². The van der Waals surface area contributed by atoms with Crippen molar-refractivity contribution in [3.8, 4) is 0 Å². The van der Waals surface area contributed by atoms with Crippen LogP contribution in [-0.4, -0.2) is 99.6 Å². The van der Waals surface area contributed by atoms with Gasteiger partial charge in [-0.3, -0.25) is 14.8 Å². The number of nitrogens with one attached hydrogen (secondary N) is 2. The lowest BCUT2D eigenvalue weighted by atomic mass is 10.0. The molecular weight excluding hydrogens is 342 g/mol. The van der Waals surface area contributed by atoms with Crippen LogP contribution in [0.25, 0.3) is 0 Å². The van der Waals surface area contributed by atoms with Gasteiger partial charge in [0.2, 0.25) is 0 Å². The molecule has 0 aromatic rings. The van der Waals surface area contributed by atoms with Crippen LogP contribution in [0, 0.1) is 5.92 Å². The van der Waals surface area contributed by atoms with Crippen LogP contribution in [0.1, 0.15) is 34.6 Å². The van der Waals surface area contributed by atoms with Crippen molar-refractivity contribution in [3.63, 3.8) is 0 Å². The van der Waals surface area contributed by atoms with Crippen molar-refractivity contribution in [1.82, 2.24) is 20.4 Å². The lowest BCUT2D eigenvalue weighted by Crippen LogP contribution is -2.54. The number of morpholine rings is 2. The SMILES string of the molecule is CCNC(=NCC(C)(C)N1CCOCC1)NCC(C(C)C)N1CCOCC1. The molecule has 2 saturated heterocycles. The minimum Gasteiger partial charge on any atom is -0.379 e. The van der Waals surface area contributed by atoms with Gasteiger partial charge in [-0.15, -0.1) is 0 Å². The molecule has 7 heteroatoms. The fraction of sp³-hybridized carbons (Fsp3) is 0.950. The summed E-state index contributed by atoms with van der Waals surface area (Å²) in [6, 6.07) is 0.491. The Kier molecular flexibility index (Phi) is 9.29. The topological polar surface area (TPSA) is 61.4 Å². The van der Waals surface area contributed by atoms with Crippen molar-refractivity contribution in [1.29, 1.82) is 0 Å². The number of ether oxygens (including phenoxy) is 2. The average molecular weight is 384 g/mol. The molecule has 1 atom stereocenters. The summed E-state index contributed by atoms with van der Waals surface area (Å²) in [6.07, 6.45) is 0. The Hall–Kier alpha value is -0.890. The molecule has 2 rings (SSSR count). The molecule has 0 bridgehead atoms. The average Bonchev–Trinajstić information content (AvgIpc) is 2.67. The molecule has 0 aliphatic carbocycles. The fourth-order valence-corrected chi connectivity index (χ4v) is 3.78. The minimum absolute atomic E-state index is 0.0355. The third kappa shape index (κ3) is 7.22. The second-order valence-electron chi connectivity index (χ2n) is 8.45. The smallest absolute Gasteiger partial charge is 0.191 e. The molecule has 1 unspecified atom stereocenters. The van der Waals surface area contributed by atoms with Crippen molar-refractivity contribution < 1.29 is 9.47 Å². The highest BCUT2D eigenvalue weighted by Gasteiger charge is 2.28. The van der Waals surface area contributed by atoms with Crippen molar-refractivity contribution >= 4 is 5.96 Å². The maximum absolute atomic E-state index is 5.52. The molecule has 2 aliphatic heterocycles. The second kappa shape index (κ2) is 11.2. The number of guanidine groups is 1. The van der Waals surface area contributed by atoms with E-state index in [1.807, 2.05) is 0 Å². The largest absolute Gasteiger partial charge is 0.379 e. The predicted molar refractivity (Wildman–Crippen MR) is 111 cm³/mol. The van der Waals surface area contributed by atoms with Crippen LogP contribution in [0.2, 0.25) is 0 Å². The lowest BCUT2D eigenvalue weighted by Gasteiger charge is -2.40. The van der Waals surface area contributed by atoms with Crippen molar-refractivity contribution in [3.05, 3.63) is 0 Å². The Morgan fingerprint density at radius 2 is 1.59 bits per heavy atom. The van der Waals surface area contributed by atoms with Gasteiger partial charge in [0.25, 0.3) is 0 Å². The van der Waals surface area contributed by atoms with Gasteiger partial charge in [-0.1, -0.05) is 13.8 Å². The zero-order valence-corrected chi connectivity index (χ0v) is 18.1. The molecule has 2 fully saturated rings. The fourth-order valence-electron chi connectivity index (χ4n) is 3.78. The van der Waals surface area contributed by atoms with Gasteiger partial charge >= 0.3 is 0 Å². The highest BCUT2D eigenvalue weighted by molar-refractivity contribution is 5.79. The van der Waals surface area contributed by atoms with Gasteiger partial charge in [-0.25, -0.2) is 0 Å². The van der Waals surface area contributed by atoms with E-state index in [0.717, 1.165) is 78.2 Å². The summed E-state index contributed by atoms with van der Waals surface area (Å²) in [5.41, 5.74) is 0.0355. The molecule has 0 amide bonds. The van der Waals surface area contributed by atoms with E-state index in [4.69, 9.17) is 14.5 Å². The standard InChI is InChI=1S/C20H41N5O2/c1-6-21-19(23-16-20(4,5)25-9-13-27-14-10-25)22-15-18(17(2)3)24-7-11-26-12-8-24/h17-18H,6-16H2,1-5H3,(H2,21,22,23). The van der Waals surface area contributed by atoms with Crippen LogP contribution in [0.15, 0.2) is 4.99 Å². The Morgan fingerprint density at radius 1 is 1.00 bits per heavy atom. The highest BCUT2D eigenvalue weighted by Crippen LogP contribution is 2.16. The number of aliphatic imine (C=N–C) groups is 1. The van der Waals surface area contributed by atoms with E-state index in [0.29, 0.717) is 12.0 Å². The summed E-state index contributed by atoms with van der Waals surface area (Å²) in [4.78, 5) is 9.93. The normalized spacial score (nSPS) is 22.1. The molecule has 27 heavy (non-hydrogen) atoms. The van der Waals surface area contributed by atoms with Gasteiger partial charge < -0.3 is 20.1 Å². The first kappa shape index (κ1) is 22.4. The van der Waals surface area contributed by atoms with Crippen molar-refractivity contribution in [2.75, 3.05) is 72.2 Å². The summed E-state index contributed by atoms with van der Waals surface area (Å²) >= 11 is 0. The maximum atomic E-state index is 5.52. The number of hydrogen-bond donors (Lipinski definition) is 2. The third-order valence-corrected chi connectivity index (χ3v) is 5.60. The van der Waals surface area contributed by atoms with Crippen LogP contribution >= 0.6 is 0 Å². The molecule has 0 aromatic carbocycles. The quantitative estimate of drug-likeness (QED) is 0.482. The minimum atomic E-state index is 0.0355. The third-order valence-electron chi connectivity index (χ3n) is 5.60. The highest BCUT2D eigenvalue weighted by atomic mass is 16.5. The summed E-state index contributed by atoms with van der Waals surface area (Å²) in [5.74, 6) is 1.50. The summed E-state index contributed by atoms with van der Waals surface area (Å²) in [6.45, 7) is 21.1. The van der Waals surface area contributed by atoms with E-state index in [9.17, 15) is 0 Å². The van der Waals surface area contributed by atoms with Gasteiger partial charge in [0.15, 0.2) is 5.96 Å². The molecule has 0 spiro atoms. The van der Waals surface area contributed by atoms with Crippen LogP contribution in [0.3, 0.4) is 0 Å². The number of rotatable bonds is 8.